The third-order valence-corrected chi connectivity index (χ3v) is 3.96. The first kappa shape index (κ1) is 17.5. The Balaban J connectivity index is 1.53. The van der Waals surface area contributed by atoms with Crippen LogP contribution in [0.15, 0.2) is 53.6 Å². The molecule has 2 aromatic heterocycles. The van der Waals surface area contributed by atoms with Crippen LogP contribution in [0.25, 0.3) is 11.3 Å². The van der Waals surface area contributed by atoms with E-state index in [1.807, 2.05) is 37.4 Å². The Hall–Kier alpha value is -3.29. The van der Waals surface area contributed by atoms with Crippen molar-refractivity contribution in [3.8, 4) is 11.3 Å². The van der Waals surface area contributed by atoms with E-state index >= 15 is 0 Å². The Morgan fingerprint density at radius 3 is 2.69 bits per heavy atom. The van der Waals surface area contributed by atoms with Crippen molar-refractivity contribution in [2.75, 3.05) is 6.54 Å². The topological polar surface area (TPSA) is 94.7 Å². The van der Waals surface area contributed by atoms with Gasteiger partial charge in [0.05, 0.1) is 12.2 Å². The minimum Gasteiger partial charge on any atom is -0.354 e. The lowest BCUT2D eigenvalue weighted by molar-refractivity contribution is -0.121. The number of nitrogens with zero attached hydrogens (tertiary/aromatic N) is 5. The average Bonchev–Trinajstić information content (AvgIpc) is 3.07. The Morgan fingerprint density at radius 1 is 1.15 bits per heavy atom. The summed E-state index contributed by atoms with van der Waals surface area (Å²) in [5, 5.41) is 14.9. The number of aromatic nitrogens is 5. The quantitative estimate of drug-likeness (QED) is 0.678. The van der Waals surface area contributed by atoms with Crippen LogP contribution in [0, 0.1) is 0 Å². The normalized spacial score (nSPS) is 10.7. The summed E-state index contributed by atoms with van der Waals surface area (Å²) in [6.45, 7) is 0.651. The van der Waals surface area contributed by atoms with Gasteiger partial charge < -0.3 is 9.88 Å². The van der Waals surface area contributed by atoms with E-state index < -0.39 is 0 Å². The van der Waals surface area contributed by atoms with E-state index in [0.717, 1.165) is 17.1 Å². The summed E-state index contributed by atoms with van der Waals surface area (Å²) in [6.07, 6.45) is 2.44. The van der Waals surface area contributed by atoms with Crippen molar-refractivity contribution in [3.63, 3.8) is 0 Å². The standard InChI is InChI=1S/C18H20N6O2/c1-23-13-20-21-16(23)8-9-17(25)19-11-12-24-18(26)10-7-15(22-24)14-5-3-2-4-6-14/h2-7,10,13H,8-9,11-12H2,1H3,(H,19,25). The number of carbonyl (C=O) groups is 1. The average molecular weight is 352 g/mol. The highest BCUT2D eigenvalue weighted by Gasteiger charge is 2.07. The van der Waals surface area contributed by atoms with Crippen LogP contribution in [-0.2, 0) is 24.8 Å². The highest BCUT2D eigenvalue weighted by atomic mass is 16.1. The fourth-order valence-electron chi connectivity index (χ4n) is 2.52. The zero-order chi connectivity index (χ0) is 18.4. The zero-order valence-electron chi connectivity index (χ0n) is 14.5. The Kier molecular flexibility index (Phi) is 5.52. The smallest absolute Gasteiger partial charge is 0.266 e. The molecule has 8 heteroatoms. The van der Waals surface area contributed by atoms with E-state index in [1.54, 1.807) is 17.0 Å². The molecule has 0 saturated carbocycles. The molecule has 0 bridgehead atoms. The molecule has 0 unspecified atom stereocenters. The van der Waals surface area contributed by atoms with Crippen LogP contribution in [-0.4, -0.2) is 37.0 Å². The fourth-order valence-corrected chi connectivity index (χ4v) is 2.52. The van der Waals surface area contributed by atoms with Crippen LogP contribution in [0.5, 0.6) is 0 Å². The second kappa shape index (κ2) is 8.19. The SMILES string of the molecule is Cn1cnnc1CCC(=O)NCCn1nc(-c2ccccc2)ccc1=O. The molecule has 0 aliphatic rings. The minimum absolute atomic E-state index is 0.0970. The van der Waals surface area contributed by atoms with Gasteiger partial charge in [0.2, 0.25) is 5.91 Å². The van der Waals surface area contributed by atoms with Crippen LogP contribution >= 0.6 is 0 Å². The van der Waals surface area contributed by atoms with Crippen molar-refractivity contribution < 1.29 is 4.79 Å². The summed E-state index contributed by atoms with van der Waals surface area (Å²) in [5.41, 5.74) is 1.46. The number of hydrogen-bond acceptors (Lipinski definition) is 5. The highest BCUT2D eigenvalue weighted by Crippen LogP contribution is 2.13. The number of carbonyl (C=O) groups excluding carboxylic acids is 1. The number of hydrogen-bond donors (Lipinski definition) is 1. The summed E-state index contributed by atoms with van der Waals surface area (Å²) in [7, 11) is 1.84. The molecular weight excluding hydrogens is 332 g/mol. The van der Waals surface area contributed by atoms with E-state index in [-0.39, 0.29) is 11.5 Å². The second-order valence-corrected chi connectivity index (χ2v) is 5.85. The van der Waals surface area contributed by atoms with Gasteiger partial charge in [0.1, 0.15) is 12.2 Å². The molecule has 1 N–H and O–H groups in total. The summed E-state index contributed by atoms with van der Waals surface area (Å²) >= 11 is 0. The van der Waals surface area contributed by atoms with E-state index in [0.29, 0.717) is 25.9 Å². The lowest BCUT2D eigenvalue weighted by Crippen LogP contribution is -2.32. The molecular formula is C18H20N6O2. The van der Waals surface area contributed by atoms with E-state index in [1.165, 1.54) is 10.7 Å². The van der Waals surface area contributed by atoms with Crippen LogP contribution in [0.3, 0.4) is 0 Å². The maximum absolute atomic E-state index is 12.0. The van der Waals surface area contributed by atoms with Crippen LogP contribution in [0.2, 0.25) is 0 Å². The molecule has 8 nitrogen and oxygen atoms in total. The predicted octanol–water partition coefficient (Wildman–Crippen LogP) is 0.788. The van der Waals surface area contributed by atoms with Crippen molar-refractivity contribution in [3.05, 3.63) is 65.0 Å². The van der Waals surface area contributed by atoms with Crippen molar-refractivity contribution >= 4 is 5.91 Å². The Labute approximate surface area is 150 Å². The van der Waals surface area contributed by atoms with E-state index in [2.05, 4.69) is 20.6 Å². The van der Waals surface area contributed by atoms with E-state index in [4.69, 9.17) is 0 Å². The first-order valence-corrected chi connectivity index (χ1v) is 8.36. The lowest BCUT2D eigenvalue weighted by atomic mass is 10.1. The molecule has 2 heterocycles. The summed E-state index contributed by atoms with van der Waals surface area (Å²) in [4.78, 5) is 23.9. The van der Waals surface area contributed by atoms with Gasteiger partial charge in [-0.3, -0.25) is 9.59 Å². The van der Waals surface area contributed by atoms with Crippen LogP contribution < -0.4 is 10.9 Å². The third-order valence-electron chi connectivity index (χ3n) is 3.96. The number of aryl methyl sites for hydroxylation is 2. The summed E-state index contributed by atoms with van der Waals surface area (Å²) in [5.74, 6) is 0.661. The second-order valence-electron chi connectivity index (χ2n) is 5.85. The molecule has 0 aliphatic heterocycles. The molecule has 0 radical (unpaired) electrons. The van der Waals surface area contributed by atoms with Gasteiger partial charge in [0.15, 0.2) is 0 Å². The Bertz CT molecular complexity index is 932. The van der Waals surface area contributed by atoms with Gasteiger partial charge in [-0.2, -0.15) is 5.10 Å². The summed E-state index contributed by atoms with van der Waals surface area (Å²) in [6, 6.07) is 12.8. The molecule has 1 aromatic carbocycles. The first-order valence-electron chi connectivity index (χ1n) is 8.36. The maximum Gasteiger partial charge on any atom is 0.266 e. The molecule has 1 amide bonds. The van der Waals surface area contributed by atoms with Gasteiger partial charge in [0.25, 0.3) is 5.56 Å². The fraction of sp³-hybridized carbons (Fsp3) is 0.278. The predicted molar refractivity (Wildman–Crippen MR) is 96.3 cm³/mol. The monoisotopic (exact) mass is 352 g/mol. The van der Waals surface area contributed by atoms with Crippen molar-refractivity contribution in [2.45, 2.75) is 19.4 Å². The van der Waals surface area contributed by atoms with E-state index in [9.17, 15) is 9.59 Å². The minimum atomic E-state index is -0.196. The lowest BCUT2D eigenvalue weighted by Gasteiger charge is -2.08. The van der Waals surface area contributed by atoms with Gasteiger partial charge in [-0.15, -0.1) is 10.2 Å². The maximum atomic E-state index is 12.0. The third kappa shape index (κ3) is 4.41. The first-order chi connectivity index (χ1) is 12.6. The molecule has 0 aliphatic carbocycles. The Morgan fingerprint density at radius 2 is 1.96 bits per heavy atom. The molecule has 0 saturated heterocycles. The molecule has 0 spiro atoms. The van der Waals surface area contributed by atoms with Crippen molar-refractivity contribution in [1.29, 1.82) is 0 Å². The number of benzene rings is 1. The van der Waals surface area contributed by atoms with Gasteiger partial charge in [-0.1, -0.05) is 30.3 Å². The molecule has 3 aromatic rings. The molecule has 134 valence electrons. The number of amides is 1. The van der Waals surface area contributed by atoms with Gasteiger partial charge >= 0.3 is 0 Å². The van der Waals surface area contributed by atoms with Crippen LogP contribution in [0.1, 0.15) is 12.2 Å². The van der Waals surface area contributed by atoms with Gasteiger partial charge in [0, 0.05) is 38.1 Å². The van der Waals surface area contributed by atoms with Crippen LogP contribution in [0.4, 0.5) is 0 Å². The van der Waals surface area contributed by atoms with Gasteiger partial charge in [-0.05, 0) is 6.07 Å². The van der Waals surface area contributed by atoms with Gasteiger partial charge in [-0.25, -0.2) is 4.68 Å². The number of nitrogens with one attached hydrogen (secondary N) is 1. The molecule has 3 rings (SSSR count). The largest absolute Gasteiger partial charge is 0.354 e. The molecule has 0 atom stereocenters. The highest BCUT2D eigenvalue weighted by molar-refractivity contribution is 5.75. The number of rotatable bonds is 7. The summed E-state index contributed by atoms with van der Waals surface area (Å²) < 4.78 is 3.15. The van der Waals surface area contributed by atoms with Crippen molar-refractivity contribution in [1.82, 2.24) is 29.9 Å². The van der Waals surface area contributed by atoms with Crippen molar-refractivity contribution in [2.24, 2.45) is 7.05 Å². The molecule has 0 fully saturated rings. The molecule has 26 heavy (non-hydrogen) atoms. The zero-order valence-corrected chi connectivity index (χ0v) is 14.5.